The Bertz CT molecular complexity index is 489. The highest BCUT2D eigenvalue weighted by Crippen LogP contribution is 2.27. The van der Waals surface area contributed by atoms with Gasteiger partial charge in [-0.3, -0.25) is 0 Å². The zero-order chi connectivity index (χ0) is 13.0. The third-order valence-corrected chi connectivity index (χ3v) is 3.89. The predicted octanol–water partition coefficient (Wildman–Crippen LogP) is 4.11. The minimum atomic E-state index is 0.269. The van der Waals surface area contributed by atoms with Gasteiger partial charge in [0.1, 0.15) is 0 Å². The lowest BCUT2D eigenvalue weighted by atomic mass is 10.00. The molecule has 0 saturated heterocycles. The number of hydrogen-bond acceptors (Lipinski definition) is 2. The monoisotopic (exact) mass is 307 g/mol. The number of aryl methyl sites for hydroxylation is 1. The molecule has 2 aromatic rings. The van der Waals surface area contributed by atoms with Gasteiger partial charge in [-0.25, -0.2) is 0 Å². The molecule has 0 aliphatic heterocycles. The lowest BCUT2D eigenvalue weighted by Gasteiger charge is -2.15. The van der Waals surface area contributed by atoms with E-state index in [1.54, 1.807) is 6.26 Å². The molecule has 18 heavy (non-hydrogen) atoms. The van der Waals surface area contributed by atoms with Gasteiger partial charge in [0.25, 0.3) is 0 Å². The molecule has 0 radical (unpaired) electrons. The van der Waals surface area contributed by atoms with E-state index in [2.05, 4.69) is 52.4 Å². The van der Waals surface area contributed by atoms with Crippen LogP contribution in [0, 0.1) is 0 Å². The van der Waals surface area contributed by atoms with Crippen molar-refractivity contribution in [2.45, 2.75) is 25.8 Å². The molecule has 1 N–H and O–H groups in total. The maximum atomic E-state index is 5.30. The summed E-state index contributed by atoms with van der Waals surface area (Å²) in [6.07, 6.45) is 3.76. The van der Waals surface area contributed by atoms with E-state index >= 15 is 0 Å². The predicted molar refractivity (Wildman–Crippen MR) is 77.7 cm³/mol. The summed E-state index contributed by atoms with van der Waals surface area (Å²) in [5.74, 6) is 0. The van der Waals surface area contributed by atoms with Gasteiger partial charge in [0.05, 0.1) is 6.26 Å². The molecular weight excluding hydrogens is 290 g/mol. The summed E-state index contributed by atoms with van der Waals surface area (Å²) in [6.45, 7) is 2.17. The van der Waals surface area contributed by atoms with Crippen molar-refractivity contribution >= 4 is 15.9 Å². The Hall–Kier alpha value is -1.06. The first kappa shape index (κ1) is 13.4. The van der Waals surface area contributed by atoms with Gasteiger partial charge in [0, 0.05) is 11.6 Å². The van der Waals surface area contributed by atoms with E-state index in [9.17, 15) is 0 Å². The van der Waals surface area contributed by atoms with E-state index in [1.165, 1.54) is 11.1 Å². The van der Waals surface area contributed by atoms with E-state index < -0.39 is 0 Å². The zero-order valence-corrected chi connectivity index (χ0v) is 12.3. The smallest absolute Gasteiger partial charge is 0.173 e. The number of furan rings is 1. The number of benzene rings is 1. The van der Waals surface area contributed by atoms with Gasteiger partial charge < -0.3 is 9.73 Å². The van der Waals surface area contributed by atoms with Crippen LogP contribution in [0.25, 0.3) is 0 Å². The van der Waals surface area contributed by atoms with Crippen molar-refractivity contribution in [2.24, 2.45) is 0 Å². The third kappa shape index (κ3) is 3.03. The first-order valence-corrected chi connectivity index (χ1v) is 7.01. The Morgan fingerprint density at radius 1 is 1.17 bits per heavy atom. The molecular formula is C15H18BrNO. The van der Waals surface area contributed by atoms with Gasteiger partial charge in [0.2, 0.25) is 0 Å². The summed E-state index contributed by atoms with van der Waals surface area (Å²) >= 11 is 3.44. The maximum Gasteiger partial charge on any atom is 0.173 e. The summed E-state index contributed by atoms with van der Waals surface area (Å²) in [5.41, 5.74) is 3.88. The van der Waals surface area contributed by atoms with Crippen molar-refractivity contribution in [3.8, 4) is 0 Å². The van der Waals surface area contributed by atoms with Crippen LogP contribution < -0.4 is 5.32 Å². The van der Waals surface area contributed by atoms with Crippen molar-refractivity contribution in [3.63, 3.8) is 0 Å². The van der Waals surface area contributed by atoms with Gasteiger partial charge in [-0.05, 0) is 53.0 Å². The van der Waals surface area contributed by atoms with Crippen molar-refractivity contribution in [1.82, 2.24) is 5.32 Å². The van der Waals surface area contributed by atoms with Crippen molar-refractivity contribution in [2.75, 3.05) is 7.05 Å². The Labute approximate surface area is 117 Å². The molecule has 3 heteroatoms. The standard InChI is InChI=1S/C15H18BrNO/c1-3-11-4-6-12(7-5-11)10-14(17-2)13-8-9-18-15(13)16/h4-9,14,17H,3,10H2,1-2H3. The second-order valence-corrected chi connectivity index (χ2v) is 5.09. The van der Waals surface area contributed by atoms with Gasteiger partial charge in [0.15, 0.2) is 4.67 Å². The van der Waals surface area contributed by atoms with E-state index in [0.29, 0.717) is 0 Å². The van der Waals surface area contributed by atoms with Gasteiger partial charge >= 0.3 is 0 Å². The van der Waals surface area contributed by atoms with E-state index in [4.69, 9.17) is 4.42 Å². The van der Waals surface area contributed by atoms with Crippen molar-refractivity contribution < 1.29 is 4.42 Å². The molecule has 1 unspecified atom stereocenters. The first-order chi connectivity index (χ1) is 8.74. The summed E-state index contributed by atoms with van der Waals surface area (Å²) in [4.78, 5) is 0. The molecule has 96 valence electrons. The van der Waals surface area contributed by atoms with Crippen LogP contribution in [0.15, 0.2) is 45.7 Å². The Morgan fingerprint density at radius 2 is 1.83 bits per heavy atom. The minimum Gasteiger partial charge on any atom is -0.457 e. The van der Waals surface area contributed by atoms with Crippen LogP contribution in [-0.4, -0.2) is 7.05 Å². The Kier molecular flexibility index (Phi) is 4.61. The van der Waals surface area contributed by atoms with Crippen LogP contribution in [0.3, 0.4) is 0 Å². The van der Waals surface area contributed by atoms with Crippen LogP contribution in [-0.2, 0) is 12.8 Å². The SMILES string of the molecule is CCc1ccc(CC(NC)c2ccoc2Br)cc1. The maximum absolute atomic E-state index is 5.30. The second-order valence-electron chi connectivity index (χ2n) is 4.37. The molecule has 1 heterocycles. The van der Waals surface area contributed by atoms with Crippen LogP contribution >= 0.6 is 15.9 Å². The highest BCUT2D eigenvalue weighted by molar-refractivity contribution is 9.10. The van der Waals surface area contributed by atoms with Crippen LogP contribution in [0.5, 0.6) is 0 Å². The topological polar surface area (TPSA) is 25.2 Å². The molecule has 0 aliphatic carbocycles. The second kappa shape index (κ2) is 6.21. The van der Waals surface area contributed by atoms with E-state index in [1.807, 2.05) is 13.1 Å². The lowest BCUT2D eigenvalue weighted by molar-refractivity contribution is 0.518. The van der Waals surface area contributed by atoms with E-state index in [-0.39, 0.29) is 6.04 Å². The summed E-state index contributed by atoms with van der Waals surface area (Å²) in [7, 11) is 1.98. The van der Waals surface area contributed by atoms with Crippen LogP contribution in [0.1, 0.15) is 29.7 Å². The summed E-state index contributed by atoms with van der Waals surface area (Å²) < 4.78 is 6.11. The summed E-state index contributed by atoms with van der Waals surface area (Å²) in [6, 6.07) is 11.1. The van der Waals surface area contributed by atoms with Gasteiger partial charge in [-0.1, -0.05) is 31.2 Å². The highest BCUT2D eigenvalue weighted by atomic mass is 79.9. The van der Waals surface area contributed by atoms with Crippen LogP contribution in [0.4, 0.5) is 0 Å². The number of rotatable bonds is 5. The van der Waals surface area contributed by atoms with E-state index in [0.717, 1.165) is 23.1 Å². The van der Waals surface area contributed by atoms with Gasteiger partial charge in [-0.2, -0.15) is 0 Å². The first-order valence-electron chi connectivity index (χ1n) is 6.22. The average Bonchev–Trinajstić information content (AvgIpc) is 2.83. The zero-order valence-electron chi connectivity index (χ0n) is 10.7. The third-order valence-electron chi connectivity index (χ3n) is 3.24. The minimum absolute atomic E-state index is 0.269. The fourth-order valence-electron chi connectivity index (χ4n) is 2.07. The number of likely N-dealkylation sites (N-methyl/N-ethyl adjacent to an activating group) is 1. The summed E-state index contributed by atoms with van der Waals surface area (Å²) in [5, 5.41) is 3.33. The molecule has 1 aromatic heterocycles. The molecule has 0 amide bonds. The molecule has 2 rings (SSSR count). The largest absolute Gasteiger partial charge is 0.457 e. The fraction of sp³-hybridized carbons (Fsp3) is 0.333. The molecule has 0 spiro atoms. The molecule has 1 atom stereocenters. The van der Waals surface area contributed by atoms with Crippen molar-refractivity contribution in [1.29, 1.82) is 0 Å². The molecule has 0 bridgehead atoms. The highest BCUT2D eigenvalue weighted by Gasteiger charge is 2.15. The molecule has 0 aliphatic rings. The number of hydrogen-bond donors (Lipinski definition) is 1. The number of halogens is 1. The molecule has 1 aromatic carbocycles. The molecule has 2 nitrogen and oxygen atoms in total. The Balaban J connectivity index is 2.13. The Morgan fingerprint density at radius 3 is 2.33 bits per heavy atom. The van der Waals surface area contributed by atoms with Crippen molar-refractivity contribution in [3.05, 3.63) is 58.0 Å². The average molecular weight is 308 g/mol. The fourth-order valence-corrected chi connectivity index (χ4v) is 2.58. The van der Waals surface area contributed by atoms with Gasteiger partial charge in [-0.15, -0.1) is 0 Å². The lowest BCUT2D eigenvalue weighted by Crippen LogP contribution is -2.18. The number of nitrogens with one attached hydrogen (secondary N) is 1. The van der Waals surface area contributed by atoms with Crippen LogP contribution in [0.2, 0.25) is 0 Å². The molecule has 0 saturated carbocycles. The molecule has 0 fully saturated rings. The quantitative estimate of drug-likeness (QED) is 0.899. The normalized spacial score (nSPS) is 12.6.